The molecular weight excluding hydrogens is 278 g/mol. The van der Waals surface area contributed by atoms with Crippen LogP contribution in [0.15, 0.2) is 18.2 Å². The van der Waals surface area contributed by atoms with Crippen molar-refractivity contribution in [3.8, 4) is 5.75 Å². The highest BCUT2D eigenvalue weighted by atomic mass is 16.5. The van der Waals surface area contributed by atoms with E-state index in [1.54, 1.807) is 6.92 Å². The predicted octanol–water partition coefficient (Wildman–Crippen LogP) is 3.18. The van der Waals surface area contributed by atoms with Crippen LogP contribution >= 0.6 is 0 Å². The minimum absolute atomic E-state index is 0.0927. The van der Waals surface area contributed by atoms with E-state index in [1.807, 2.05) is 19.1 Å². The van der Waals surface area contributed by atoms with Crippen LogP contribution in [0.3, 0.4) is 0 Å². The number of hydrogen-bond donors (Lipinski definition) is 1. The van der Waals surface area contributed by atoms with E-state index in [-0.39, 0.29) is 12.0 Å². The van der Waals surface area contributed by atoms with Gasteiger partial charge in [0.25, 0.3) is 5.91 Å². The molecule has 2 atom stereocenters. The predicted molar refractivity (Wildman–Crippen MR) is 87.3 cm³/mol. The standard InChI is InChI=1S/C18H27NO3/c1-12(2)15-8-7-13(3)17(10-15)22-14(4)18(20)19-11-16-6-5-9-21-16/h7-8,10,12,14,16H,5-6,9,11H2,1-4H3,(H,19,20). The summed E-state index contributed by atoms with van der Waals surface area (Å²) >= 11 is 0. The maximum Gasteiger partial charge on any atom is 0.260 e. The number of rotatable bonds is 6. The number of hydrogen-bond acceptors (Lipinski definition) is 3. The molecule has 1 aromatic carbocycles. The van der Waals surface area contributed by atoms with Gasteiger partial charge in [-0.15, -0.1) is 0 Å². The molecule has 1 heterocycles. The van der Waals surface area contributed by atoms with E-state index in [1.165, 1.54) is 5.56 Å². The molecule has 0 bridgehead atoms. The summed E-state index contributed by atoms with van der Waals surface area (Å²) < 4.78 is 11.4. The van der Waals surface area contributed by atoms with E-state index >= 15 is 0 Å². The van der Waals surface area contributed by atoms with Crippen LogP contribution in [-0.2, 0) is 9.53 Å². The minimum atomic E-state index is -0.512. The number of ether oxygens (including phenoxy) is 2. The molecule has 1 saturated heterocycles. The molecule has 0 radical (unpaired) electrons. The van der Waals surface area contributed by atoms with Gasteiger partial charge >= 0.3 is 0 Å². The van der Waals surface area contributed by atoms with Crippen molar-refractivity contribution in [1.82, 2.24) is 5.32 Å². The van der Waals surface area contributed by atoms with E-state index in [2.05, 4.69) is 25.2 Å². The van der Waals surface area contributed by atoms with Gasteiger partial charge in [0.1, 0.15) is 5.75 Å². The summed E-state index contributed by atoms with van der Waals surface area (Å²) in [5.74, 6) is 1.13. The van der Waals surface area contributed by atoms with Crippen molar-refractivity contribution >= 4 is 5.91 Å². The van der Waals surface area contributed by atoms with Crippen molar-refractivity contribution in [2.45, 2.75) is 58.7 Å². The molecule has 2 unspecified atom stereocenters. The Labute approximate surface area is 133 Å². The second-order valence-electron chi connectivity index (χ2n) is 6.32. The number of nitrogens with one attached hydrogen (secondary N) is 1. The van der Waals surface area contributed by atoms with Crippen molar-refractivity contribution in [2.75, 3.05) is 13.2 Å². The van der Waals surface area contributed by atoms with Gasteiger partial charge in [0.15, 0.2) is 6.10 Å². The van der Waals surface area contributed by atoms with E-state index in [0.717, 1.165) is 30.8 Å². The molecule has 1 amide bonds. The molecule has 0 saturated carbocycles. The van der Waals surface area contributed by atoms with Crippen LogP contribution in [-0.4, -0.2) is 31.3 Å². The molecule has 4 heteroatoms. The fraction of sp³-hybridized carbons (Fsp3) is 0.611. The fourth-order valence-electron chi connectivity index (χ4n) is 2.51. The molecule has 4 nitrogen and oxygen atoms in total. The summed E-state index contributed by atoms with van der Waals surface area (Å²) in [5.41, 5.74) is 2.26. The summed E-state index contributed by atoms with van der Waals surface area (Å²) in [5, 5.41) is 2.91. The lowest BCUT2D eigenvalue weighted by atomic mass is 10.0. The van der Waals surface area contributed by atoms with Gasteiger partial charge in [0, 0.05) is 13.2 Å². The molecule has 1 aromatic rings. The van der Waals surface area contributed by atoms with Crippen LogP contribution in [0.2, 0.25) is 0 Å². The molecule has 0 aliphatic carbocycles. The largest absolute Gasteiger partial charge is 0.481 e. The summed E-state index contributed by atoms with van der Waals surface area (Å²) in [7, 11) is 0. The molecule has 1 N–H and O–H groups in total. The summed E-state index contributed by atoms with van der Waals surface area (Å²) in [6.07, 6.45) is 1.74. The van der Waals surface area contributed by atoms with Gasteiger partial charge in [0.2, 0.25) is 0 Å². The van der Waals surface area contributed by atoms with Crippen LogP contribution in [0, 0.1) is 6.92 Å². The fourth-order valence-corrected chi connectivity index (χ4v) is 2.51. The Morgan fingerprint density at radius 3 is 2.82 bits per heavy atom. The Morgan fingerprint density at radius 2 is 2.18 bits per heavy atom. The third kappa shape index (κ3) is 4.47. The van der Waals surface area contributed by atoms with E-state index in [4.69, 9.17) is 9.47 Å². The molecule has 122 valence electrons. The third-order valence-corrected chi connectivity index (χ3v) is 4.08. The quantitative estimate of drug-likeness (QED) is 0.878. The number of aryl methyl sites for hydroxylation is 1. The minimum Gasteiger partial charge on any atom is -0.481 e. The summed E-state index contributed by atoms with van der Waals surface area (Å²) in [4.78, 5) is 12.1. The highest BCUT2D eigenvalue weighted by molar-refractivity contribution is 5.80. The van der Waals surface area contributed by atoms with Crippen molar-refractivity contribution < 1.29 is 14.3 Å². The Hall–Kier alpha value is -1.55. The molecular formula is C18H27NO3. The lowest BCUT2D eigenvalue weighted by molar-refractivity contribution is -0.127. The maximum absolute atomic E-state index is 12.1. The number of carbonyl (C=O) groups is 1. The van der Waals surface area contributed by atoms with Crippen LogP contribution in [0.4, 0.5) is 0 Å². The maximum atomic E-state index is 12.1. The normalized spacial score (nSPS) is 19.2. The molecule has 2 rings (SSSR count). The van der Waals surface area contributed by atoms with Crippen LogP contribution in [0.25, 0.3) is 0 Å². The topological polar surface area (TPSA) is 47.6 Å². The average molecular weight is 305 g/mol. The highest BCUT2D eigenvalue weighted by Gasteiger charge is 2.20. The van der Waals surface area contributed by atoms with E-state index in [0.29, 0.717) is 12.5 Å². The second kappa shape index (κ2) is 7.63. The van der Waals surface area contributed by atoms with E-state index in [9.17, 15) is 4.79 Å². The molecule has 1 aliphatic rings. The Kier molecular flexibility index (Phi) is 5.83. The van der Waals surface area contributed by atoms with Gasteiger partial charge in [-0.05, 0) is 49.8 Å². The molecule has 22 heavy (non-hydrogen) atoms. The first-order valence-electron chi connectivity index (χ1n) is 8.14. The van der Waals surface area contributed by atoms with Crippen LogP contribution < -0.4 is 10.1 Å². The number of amides is 1. The zero-order valence-corrected chi connectivity index (χ0v) is 14.0. The molecule has 0 aromatic heterocycles. The van der Waals surface area contributed by atoms with Gasteiger partial charge in [-0.3, -0.25) is 4.79 Å². The van der Waals surface area contributed by atoms with Gasteiger partial charge in [-0.1, -0.05) is 26.0 Å². The van der Waals surface area contributed by atoms with Gasteiger partial charge < -0.3 is 14.8 Å². The second-order valence-corrected chi connectivity index (χ2v) is 6.32. The highest BCUT2D eigenvalue weighted by Crippen LogP contribution is 2.25. The van der Waals surface area contributed by atoms with Crippen molar-refractivity contribution in [3.05, 3.63) is 29.3 Å². The average Bonchev–Trinajstić information content (AvgIpc) is 3.00. The Morgan fingerprint density at radius 1 is 1.41 bits per heavy atom. The van der Waals surface area contributed by atoms with Crippen molar-refractivity contribution in [2.24, 2.45) is 0 Å². The summed E-state index contributed by atoms with van der Waals surface area (Å²) in [6.45, 7) is 9.44. The first-order chi connectivity index (χ1) is 10.5. The zero-order valence-electron chi connectivity index (χ0n) is 14.0. The summed E-state index contributed by atoms with van der Waals surface area (Å²) in [6, 6.07) is 6.18. The first kappa shape index (κ1) is 16.8. The van der Waals surface area contributed by atoms with Gasteiger partial charge in [0.05, 0.1) is 6.10 Å². The zero-order chi connectivity index (χ0) is 16.1. The van der Waals surface area contributed by atoms with Crippen molar-refractivity contribution in [3.63, 3.8) is 0 Å². The molecule has 1 fully saturated rings. The van der Waals surface area contributed by atoms with Crippen molar-refractivity contribution in [1.29, 1.82) is 0 Å². The molecule has 0 spiro atoms. The third-order valence-electron chi connectivity index (χ3n) is 4.08. The Bertz CT molecular complexity index is 507. The monoisotopic (exact) mass is 305 g/mol. The van der Waals surface area contributed by atoms with Gasteiger partial charge in [-0.25, -0.2) is 0 Å². The van der Waals surface area contributed by atoms with Gasteiger partial charge in [-0.2, -0.15) is 0 Å². The lowest BCUT2D eigenvalue weighted by Gasteiger charge is -2.19. The SMILES string of the molecule is Cc1ccc(C(C)C)cc1OC(C)C(=O)NCC1CCCO1. The lowest BCUT2D eigenvalue weighted by Crippen LogP contribution is -2.40. The molecule has 1 aliphatic heterocycles. The van der Waals surface area contributed by atoms with Crippen LogP contribution in [0.5, 0.6) is 5.75 Å². The smallest absolute Gasteiger partial charge is 0.260 e. The number of benzene rings is 1. The first-order valence-corrected chi connectivity index (χ1v) is 8.14. The Balaban J connectivity index is 1.91. The number of carbonyl (C=O) groups excluding carboxylic acids is 1. The van der Waals surface area contributed by atoms with Crippen LogP contribution in [0.1, 0.15) is 50.7 Å². The van der Waals surface area contributed by atoms with E-state index < -0.39 is 6.10 Å².